The van der Waals surface area contributed by atoms with Crippen LogP contribution in [-0.4, -0.2) is 45.2 Å². The molecule has 2 atom stereocenters. The lowest BCUT2D eigenvalue weighted by atomic mass is 10.3. The van der Waals surface area contributed by atoms with E-state index in [2.05, 4.69) is 0 Å². The molecule has 5 heteroatoms. The molecule has 0 bridgehead atoms. The summed E-state index contributed by atoms with van der Waals surface area (Å²) in [5, 5.41) is 0. The van der Waals surface area contributed by atoms with E-state index in [1.807, 2.05) is 0 Å². The zero-order valence-corrected chi connectivity index (χ0v) is 8.57. The molecule has 0 saturated carbocycles. The minimum atomic E-state index is -1.39. The van der Waals surface area contributed by atoms with Crippen molar-refractivity contribution < 1.29 is 23.3 Å². The Hall–Kier alpha value is -0.230. The van der Waals surface area contributed by atoms with Crippen molar-refractivity contribution in [3.8, 4) is 0 Å². The molecule has 0 aromatic rings. The molecule has 1 rings (SSSR count). The van der Waals surface area contributed by atoms with Crippen LogP contribution in [0.3, 0.4) is 0 Å². The molecule has 1 saturated heterocycles. The summed E-state index contributed by atoms with van der Waals surface area (Å²) in [6.07, 6.45) is -3.14. The van der Waals surface area contributed by atoms with E-state index in [9.17, 15) is 4.39 Å². The Bertz CT molecular complexity index is 140. The Kier molecular flexibility index (Phi) is 5.32. The maximum atomic E-state index is 13.6. The molecule has 0 spiro atoms. The number of hydrogen-bond acceptors (Lipinski definition) is 4. The zero-order chi connectivity index (χ0) is 10.4. The number of halogens is 1. The third kappa shape index (κ3) is 3.16. The van der Waals surface area contributed by atoms with E-state index in [1.54, 1.807) is 13.8 Å². The van der Waals surface area contributed by atoms with Gasteiger partial charge in [-0.2, -0.15) is 0 Å². The largest absolute Gasteiger partial charge is 0.350 e. The van der Waals surface area contributed by atoms with E-state index >= 15 is 0 Å². The first-order valence-electron chi connectivity index (χ1n) is 4.90. The minimum absolute atomic E-state index is 0.328. The van der Waals surface area contributed by atoms with Gasteiger partial charge in [-0.3, -0.25) is 0 Å². The Morgan fingerprint density at radius 3 is 1.86 bits per heavy atom. The second-order valence-electron chi connectivity index (χ2n) is 2.83. The highest BCUT2D eigenvalue weighted by Crippen LogP contribution is 2.17. The van der Waals surface area contributed by atoms with Gasteiger partial charge in [0.2, 0.25) is 6.17 Å². The summed E-state index contributed by atoms with van der Waals surface area (Å²) in [5.74, 6) is 0. The molecular formula is C9H17FO4. The molecule has 0 aliphatic carbocycles. The summed E-state index contributed by atoms with van der Waals surface area (Å²) in [7, 11) is 0. The molecule has 14 heavy (non-hydrogen) atoms. The van der Waals surface area contributed by atoms with Crippen LogP contribution in [0.25, 0.3) is 0 Å². The number of rotatable bonds is 4. The summed E-state index contributed by atoms with van der Waals surface area (Å²) in [6, 6.07) is 0. The molecule has 0 amide bonds. The number of hydrogen-bond donors (Lipinski definition) is 0. The molecule has 1 heterocycles. The van der Waals surface area contributed by atoms with Crippen molar-refractivity contribution in [3.05, 3.63) is 0 Å². The first-order chi connectivity index (χ1) is 6.79. The fourth-order valence-corrected chi connectivity index (χ4v) is 1.25. The highest BCUT2D eigenvalue weighted by molar-refractivity contribution is 4.68. The lowest BCUT2D eigenvalue weighted by Crippen LogP contribution is -2.38. The number of ether oxygens (including phenoxy) is 4. The van der Waals surface area contributed by atoms with E-state index in [-0.39, 0.29) is 0 Å². The van der Waals surface area contributed by atoms with Gasteiger partial charge in [0.25, 0.3) is 0 Å². The monoisotopic (exact) mass is 208 g/mol. The van der Waals surface area contributed by atoms with Crippen LogP contribution in [0.1, 0.15) is 13.8 Å². The summed E-state index contributed by atoms with van der Waals surface area (Å²) < 4.78 is 34.1. The van der Waals surface area contributed by atoms with Crippen molar-refractivity contribution in [3.63, 3.8) is 0 Å². The highest BCUT2D eigenvalue weighted by atomic mass is 19.1. The van der Waals surface area contributed by atoms with Crippen molar-refractivity contribution in [1.29, 1.82) is 0 Å². The average Bonchev–Trinajstić information content (AvgIpc) is 2.34. The first kappa shape index (κ1) is 11.8. The maximum Gasteiger partial charge on any atom is 0.201 e. The predicted octanol–water partition coefficient (Wildman–Crippen LogP) is 1.10. The third-order valence-electron chi connectivity index (χ3n) is 1.83. The van der Waals surface area contributed by atoms with Gasteiger partial charge in [-0.25, -0.2) is 4.39 Å². The Morgan fingerprint density at radius 1 is 1.07 bits per heavy atom. The van der Waals surface area contributed by atoms with Crippen LogP contribution in [-0.2, 0) is 18.9 Å². The Balaban J connectivity index is 2.49. The van der Waals surface area contributed by atoms with Crippen LogP contribution in [0.5, 0.6) is 0 Å². The first-order valence-corrected chi connectivity index (χ1v) is 4.90. The molecule has 0 N–H and O–H groups in total. The van der Waals surface area contributed by atoms with Gasteiger partial charge < -0.3 is 18.9 Å². The van der Waals surface area contributed by atoms with Crippen LogP contribution >= 0.6 is 0 Å². The molecule has 1 fully saturated rings. The molecule has 2 unspecified atom stereocenters. The Morgan fingerprint density at radius 2 is 1.50 bits per heavy atom. The van der Waals surface area contributed by atoms with Crippen molar-refractivity contribution in [2.75, 3.05) is 26.4 Å². The third-order valence-corrected chi connectivity index (χ3v) is 1.83. The lowest BCUT2D eigenvalue weighted by Gasteiger charge is -2.23. The van der Waals surface area contributed by atoms with E-state index < -0.39 is 18.8 Å². The van der Waals surface area contributed by atoms with Gasteiger partial charge in [-0.05, 0) is 13.8 Å². The van der Waals surface area contributed by atoms with E-state index in [0.29, 0.717) is 26.4 Å². The summed E-state index contributed by atoms with van der Waals surface area (Å²) >= 11 is 0. The standard InChI is InChI=1S/C9H17FO4/c1-3-11-8-7(10)9(12-4-2)14-6-5-13-8/h7-9H,3-6H2,1-2H3. The van der Waals surface area contributed by atoms with Gasteiger partial charge in [-0.1, -0.05) is 0 Å². The van der Waals surface area contributed by atoms with Gasteiger partial charge in [0, 0.05) is 13.2 Å². The predicted molar refractivity (Wildman–Crippen MR) is 47.6 cm³/mol. The smallest absolute Gasteiger partial charge is 0.201 e. The summed E-state index contributed by atoms with van der Waals surface area (Å²) in [4.78, 5) is 0. The van der Waals surface area contributed by atoms with Gasteiger partial charge in [0.15, 0.2) is 12.6 Å². The van der Waals surface area contributed by atoms with Crippen LogP contribution in [0.4, 0.5) is 4.39 Å². The van der Waals surface area contributed by atoms with Gasteiger partial charge in [-0.15, -0.1) is 0 Å². The summed E-state index contributed by atoms with van der Waals surface area (Å²) in [6.45, 7) is 5.05. The van der Waals surface area contributed by atoms with Crippen LogP contribution < -0.4 is 0 Å². The molecule has 1 aliphatic heterocycles. The van der Waals surface area contributed by atoms with Gasteiger partial charge >= 0.3 is 0 Å². The normalized spacial score (nSPS) is 34.1. The topological polar surface area (TPSA) is 36.9 Å². The molecule has 84 valence electrons. The van der Waals surface area contributed by atoms with Crippen LogP contribution in [0.2, 0.25) is 0 Å². The molecule has 0 radical (unpaired) electrons. The molecular weight excluding hydrogens is 191 g/mol. The van der Waals surface area contributed by atoms with Crippen molar-refractivity contribution in [2.24, 2.45) is 0 Å². The zero-order valence-electron chi connectivity index (χ0n) is 8.57. The van der Waals surface area contributed by atoms with Crippen molar-refractivity contribution in [2.45, 2.75) is 32.6 Å². The molecule has 0 aromatic heterocycles. The Labute approximate surface area is 83.3 Å². The van der Waals surface area contributed by atoms with E-state index in [4.69, 9.17) is 18.9 Å². The quantitative estimate of drug-likeness (QED) is 0.693. The van der Waals surface area contributed by atoms with E-state index in [1.165, 1.54) is 0 Å². The highest BCUT2D eigenvalue weighted by Gasteiger charge is 2.34. The van der Waals surface area contributed by atoms with Crippen LogP contribution in [0, 0.1) is 0 Å². The second kappa shape index (κ2) is 6.29. The fourth-order valence-electron chi connectivity index (χ4n) is 1.25. The minimum Gasteiger partial charge on any atom is -0.350 e. The maximum absolute atomic E-state index is 13.6. The van der Waals surface area contributed by atoms with Crippen molar-refractivity contribution in [1.82, 2.24) is 0 Å². The molecule has 0 aromatic carbocycles. The van der Waals surface area contributed by atoms with Gasteiger partial charge in [0.05, 0.1) is 13.2 Å². The number of alkyl halides is 1. The van der Waals surface area contributed by atoms with Gasteiger partial charge in [0.1, 0.15) is 0 Å². The van der Waals surface area contributed by atoms with E-state index in [0.717, 1.165) is 0 Å². The van der Waals surface area contributed by atoms with Crippen LogP contribution in [0.15, 0.2) is 0 Å². The second-order valence-corrected chi connectivity index (χ2v) is 2.83. The lowest BCUT2D eigenvalue weighted by molar-refractivity contribution is -0.217. The molecule has 1 aliphatic rings. The molecule has 4 nitrogen and oxygen atoms in total. The summed E-state index contributed by atoms with van der Waals surface area (Å²) in [5.41, 5.74) is 0. The fraction of sp³-hybridized carbons (Fsp3) is 1.00. The van der Waals surface area contributed by atoms with Crippen molar-refractivity contribution >= 4 is 0 Å². The SMILES string of the molecule is CCOC1OCCOC(OCC)C1F. The average molecular weight is 208 g/mol.